The van der Waals surface area contributed by atoms with Crippen LogP contribution in [0.15, 0.2) is 24.3 Å². The number of nitrogens with one attached hydrogen (secondary N) is 1. The molecule has 1 N–H and O–H groups in total. The van der Waals surface area contributed by atoms with Gasteiger partial charge >= 0.3 is 0 Å². The Morgan fingerprint density at radius 3 is 2.53 bits per heavy atom. The maximum absolute atomic E-state index is 12.7. The van der Waals surface area contributed by atoms with E-state index in [1.165, 1.54) is 12.1 Å². The molecule has 1 rings (SSSR count). The zero-order valence-corrected chi connectivity index (χ0v) is 10.5. The highest BCUT2D eigenvalue weighted by Crippen LogP contribution is 2.05. The highest BCUT2D eigenvalue weighted by Gasteiger charge is 2.04. The van der Waals surface area contributed by atoms with Crippen molar-refractivity contribution in [1.82, 2.24) is 5.32 Å². The highest BCUT2D eigenvalue weighted by molar-refractivity contribution is 5.80. The normalized spacial score (nSPS) is 10.8. The molecule has 0 heterocycles. The number of hydrogen-bond donors (Lipinski definition) is 1. The van der Waals surface area contributed by atoms with Crippen LogP contribution in [0.2, 0.25) is 0 Å². The highest BCUT2D eigenvalue weighted by atomic mass is 19.1. The van der Waals surface area contributed by atoms with Crippen LogP contribution >= 0.6 is 0 Å². The van der Waals surface area contributed by atoms with E-state index in [-0.39, 0.29) is 11.6 Å². The summed E-state index contributed by atoms with van der Waals surface area (Å²) in [4.78, 5) is 11.6. The summed E-state index contributed by atoms with van der Waals surface area (Å²) in [6, 6.07) is 6.58. The lowest BCUT2D eigenvalue weighted by Gasteiger charge is -2.07. The number of benzene rings is 1. The fourth-order valence-electron chi connectivity index (χ4n) is 1.59. The van der Waals surface area contributed by atoms with Crippen molar-refractivity contribution >= 4 is 5.78 Å². The summed E-state index contributed by atoms with van der Waals surface area (Å²) in [7, 11) is 0. The van der Waals surface area contributed by atoms with Gasteiger partial charge in [0.05, 0.1) is 0 Å². The van der Waals surface area contributed by atoms with E-state index in [0.29, 0.717) is 18.9 Å². The molecule has 0 fully saturated rings. The number of halogens is 1. The molecule has 0 aliphatic rings. The van der Waals surface area contributed by atoms with E-state index < -0.39 is 0 Å². The predicted octanol–water partition coefficient (Wildman–Crippen LogP) is 2.72. The van der Waals surface area contributed by atoms with E-state index in [2.05, 4.69) is 19.2 Å². The summed E-state index contributed by atoms with van der Waals surface area (Å²) in [5, 5.41) is 3.27. The van der Waals surface area contributed by atoms with Gasteiger partial charge in [-0.25, -0.2) is 4.39 Å². The lowest BCUT2D eigenvalue weighted by Crippen LogP contribution is -2.24. The fourth-order valence-corrected chi connectivity index (χ4v) is 1.59. The Labute approximate surface area is 102 Å². The molecule has 0 saturated carbocycles. The van der Waals surface area contributed by atoms with E-state index in [9.17, 15) is 9.18 Å². The summed E-state index contributed by atoms with van der Waals surface area (Å²) in [5.74, 6) is -0.0514. The smallest absolute Gasteiger partial charge is 0.137 e. The molecule has 0 amide bonds. The molecule has 17 heavy (non-hydrogen) atoms. The van der Waals surface area contributed by atoms with E-state index in [0.717, 1.165) is 18.5 Å². The molecule has 94 valence electrons. The minimum Gasteiger partial charge on any atom is -0.315 e. The lowest BCUT2D eigenvalue weighted by atomic mass is 10.1. The minimum absolute atomic E-state index is 0.210. The molecule has 2 nitrogen and oxygen atoms in total. The van der Waals surface area contributed by atoms with Crippen molar-refractivity contribution in [3.63, 3.8) is 0 Å². The van der Waals surface area contributed by atoms with Gasteiger partial charge in [-0.15, -0.1) is 0 Å². The number of rotatable bonds is 7. The first kappa shape index (κ1) is 13.8. The molecule has 0 saturated heterocycles. The van der Waals surface area contributed by atoms with Crippen LogP contribution in [0.1, 0.15) is 32.3 Å². The molecule has 0 atom stereocenters. The van der Waals surface area contributed by atoms with Crippen molar-refractivity contribution in [1.29, 1.82) is 0 Å². The van der Waals surface area contributed by atoms with E-state index >= 15 is 0 Å². The van der Waals surface area contributed by atoms with Gasteiger partial charge in [-0.05, 0) is 30.7 Å². The van der Waals surface area contributed by atoms with Crippen LogP contribution in [0.25, 0.3) is 0 Å². The van der Waals surface area contributed by atoms with Crippen molar-refractivity contribution in [2.45, 2.75) is 39.2 Å². The second-order valence-electron chi connectivity index (χ2n) is 4.55. The number of hydrogen-bond acceptors (Lipinski definition) is 2. The molecule has 0 radical (unpaired) electrons. The Morgan fingerprint density at radius 1 is 1.29 bits per heavy atom. The second-order valence-corrected chi connectivity index (χ2v) is 4.55. The maximum Gasteiger partial charge on any atom is 0.137 e. The summed E-state index contributed by atoms with van der Waals surface area (Å²) in [6.07, 6.45) is 1.84. The van der Waals surface area contributed by atoms with Gasteiger partial charge in [-0.2, -0.15) is 0 Å². The average molecular weight is 237 g/mol. The number of Topliss-reactive ketones (excluding diaryl/α,β-unsaturated/α-hetero) is 1. The van der Waals surface area contributed by atoms with Crippen LogP contribution in [0, 0.1) is 5.82 Å². The zero-order valence-electron chi connectivity index (χ0n) is 10.5. The Kier molecular flexibility index (Phi) is 5.84. The van der Waals surface area contributed by atoms with E-state index in [1.807, 2.05) is 0 Å². The topological polar surface area (TPSA) is 29.1 Å². The third-order valence-electron chi connectivity index (χ3n) is 2.50. The molecule has 0 bridgehead atoms. The van der Waals surface area contributed by atoms with Crippen LogP contribution < -0.4 is 5.32 Å². The molecule has 3 heteroatoms. The minimum atomic E-state index is -0.262. The molecule has 0 spiro atoms. The largest absolute Gasteiger partial charge is 0.315 e. The monoisotopic (exact) mass is 237 g/mol. The summed E-state index contributed by atoms with van der Waals surface area (Å²) >= 11 is 0. The SMILES string of the molecule is CC(C)NCCCC(=O)Cc1ccc(F)cc1. The van der Waals surface area contributed by atoms with Crippen LogP contribution in [-0.2, 0) is 11.2 Å². The third-order valence-corrected chi connectivity index (χ3v) is 2.50. The summed E-state index contributed by atoms with van der Waals surface area (Å²) in [6.45, 7) is 5.04. The predicted molar refractivity (Wildman–Crippen MR) is 67.5 cm³/mol. The Bertz CT molecular complexity index is 346. The van der Waals surface area contributed by atoms with Crippen LogP contribution in [-0.4, -0.2) is 18.4 Å². The van der Waals surface area contributed by atoms with Gasteiger partial charge in [-0.3, -0.25) is 4.79 Å². The van der Waals surface area contributed by atoms with Crippen molar-refractivity contribution in [2.24, 2.45) is 0 Å². The third kappa shape index (κ3) is 6.17. The zero-order chi connectivity index (χ0) is 12.7. The molecule has 0 aromatic heterocycles. The van der Waals surface area contributed by atoms with Gasteiger partial charge in [-0.1, -0.05) is 26.0 Å². The van der Waals surface area contributed by atoms with Crippen molar-refractivity contribution in [3.05, 3.63) is 35.6 Å². The number of carbonyl (C=O) groups excluding carboxylic acids is 1. The van der Waals surface area contributed by atoms with Crippen LogP contribution in [0.3, 0.4) is 0 Å². The molecule has 1 aromatic rings. The maximum atomic E-state index is 12.7. The molecular weight excluding hydrogens is 217 g/mol. The standard InChI is InChI=1S/C14H20FNO/c1-11(2)16-9-3-4-14(17)10-12-5-7-13(15)8-6-12/h5-8,11,16H,3-4,9-10H2,1-2H3. The summed E-state index contributed by atoms with van der Waals surface area (Å²) in [5.41, 5.74) is 0.883. The van der Waals surface area contributed by atoms with Gasteiger partial charge in [0.1, 0.15) is 11.6 Å². The van der Waals surface area contributed by atoms with Crippen LogP contribution in [0.5, 0.6) is 0 Å². The van der Waals surface area contributed by atoms with Crippen molar-refractivity contribution < 1.29 is 9.18 Å². The Balaban J connectivity index is 2.23. The first-order chi connectivity index (χ1) is 8.08. The van der Waals surface area contributed by atoms with Gasteiger partial charge in [0.2, 0.25) is 0 Å². The Hall–Kier alpha value is -1.22. The quantitative estimate of drug-likeness (QED) is 0.739. The van der Waals surface area contributed by atoms with Crippen LogP contribution in [0.4, 0.5) is 4.39 Å². The number of carbonyl (C=O) groups is 1. The average Bonchev–Trinajstić information content (AvgIpc) is 2.27. The summed E-state index contributed by atoms with van der Waals surface area (Å²) < 4.78 is 12.7. The lowest BCUT2D eigenvalue weighted by molar-refractivity contribution is -0.118. The van der Waals surface area contributed by atoms with Crippen molar-refractivity contribution in [2.75, 3.05) is 6.54 Å². The molecule has 0 unspecified atom stereocenters. The molecule has 0 aliphatic carbocycles. The van der Waals surface area contributed by atoms with Gasteiger partial charge in [0.25, 0.3) is 0 Å². The van der Waals surface area contributed by atoms with Gasteiger partial charge in [0, 0.05) is 18.9 Å². The van der Waals surface area contributed by atoms with Crippen molar-refractivity contribution in [3.8, 4) is 0 Å². The Morgan fingerprint density at radius 2 is 1.94 bits per heavy atom. The molecule has 0 aliphatic heterocycles. The van der Waals surface area contributed by atoms with Gasteiger partial charge in [0.15, 0.2) is 0 Å². The number of ketones is 1. The first-order valence-electron chi connectivity index (χ1n) is 6.07. The fraction of sp³-hybridized carbons (Fsp3) is 0.500. The molecular formula is C14H20FNO. The van der Waals surface area contributed by atoms with E-state index in [1.54, 1.807) is 12.1 Å². The van der Waals surface area contributed by atoms with Gasteiger partial charge < -0.3 is 5.32 Å². The first-order valence-corrected chi connectivity index (χ1v) is 6.07. The second kappa shape index (κ2) is 7.17. The molecule has 1 aromatic carbocycles. The van der Waals surface area contributed by atoms with E-state index in [4.69, 9.17) is 0 Å².